The Morgan fingerprint density at radius 3 is 2.38 bits per heavy atom. The Morgan fingerprint density at radius 1 is 0.897 bits per heavy atom. The van der Waals surface area contributed by atoms with E-state index in [1.807, 2.05) is 91.0 Å². The molecule has 2 unspecified atom stereocenters. The third kappa shape index (κ3) is 8.29. The maximum absolute atomic E-state index is 13.1. The second-order valence-electron chi connectivity index (χ2n) is 15.2. The lowest BCUT2D eigenvalue weighted by molar-refractivity contribution is -0.000812. The number of aliphatic hydroxyl groups is 1. The number of nitrogens with zero attached hydrogens (tertiary/aromatic N) is 2. The van der Waals surface area contributed by atoms with Crippen LogP contribution >= 0.6 is 0 Å². The van der Waals surface area contributed by atoms with E-state index >= 15 is 0 Å². The largest absolute Gasteiger partial charge is 0.506 e. The summed E-state index contributed by atoms with van der Waals surface area (Å²) in [6.45, 7) is 3.90. The van der Waals surface area contributed by atoms with E-state index in [1.165, 1.54) is 12.1 Å². The predicted octanol–water partition coefficient (Wildman–Crippen LogP) is 7.48. The molecule has 1 aromatic heterocycles. The molecule has 5 N–H and O–H groups in total. The van der Waals surface area contributed by atoms with E-state index in [4.69, 9.17) is 9.47 Å². The molecule has 0 spiro atoms. The number of carboxylic acid groups (broad SMARTS) is 1. The molecule has 298 valence electrons. The van der Waals surface area contributed by atoms with E-state index in [0.717, 1.165) is 71.6 Å². The van der Waals surface area contributed by atoms with Gasteiger partial charge in [-0.25, -0.2) is 4.79 Å². The topological polar surface area (TPSA) is 148 Å². The van der Waals surface area contributed by atoms with E-state index in [2.05, 4.69) is 21.3 Å². The molecule has 1 amide bonds. The number of methoxy groups -OCH3 is 1. The maximum Gasteiger partial charge on any atom is 0.408 e. The van der Waals surface area contributed by atoms with E-state index < -0.39 is 18.2 Å². The van der Waals surface area contributed by atoms with Gasteiger partial charge in [0.1, 0.15) is 23.9 Å². The minimum absolute atomic E-state index is 0.0501. The number of aromatic amines is 1. The highest BCUT2D eigenvalue weighted by molar-refractivity contribution is 5.87. The smallest absolute Gasteiger partial charge is 0.408 e. The molecule has 2 bridgehead atoms. The van der Waals surface area contributed by atoms with Crippen molar-refractivity contribution in [3.63, 3.8) is 0 Å². The number of piperidine rings is 3. The highest BCUT2D eigenvalue weighted by Gasteiger charge is 2.43. The number of aliphatic hydroxyl groups excluding tert-OH is 1. The fraction of sp³-hybridized carbons (Fsp3) is 0.277. The Morgan fingerprint density at radius 2 is 1.66 bits per heavy atom. The first-order valence-electron chi connectivity index (χ1n) is 19.8. The number of fused-ring (bicyclic) bond motifs is 4. The third-order valence-electron chi connectivity index (χ3n) is 11.6. The second kappa shape index (κ2) is 17.2. The fourth-order valence-electron chi connectivity index (χ4n) is 8.67. The van der Waals surface area contributed by atoms with Crippen LogP contribution in [0.1, 0.15) is 52.8 Å². The van der Waals surface area contributed by atoms with Crippen LogP contribution in [0.2, 0.25) is 0 Å². The minimum atomic E-state index is -0.906. The zero-order valence-electron chi connectivity index (χ0n) is 32.4. The van der Waals surface area contributed by atoms with Crippen molar-refractivity contribution in [2.45, 2.75) is 44.2 Å². The Labute approximate surface area is 337 Å². The van der Waals surface area contributed by atoms with Gasteiger partial charge in [-0.05, 0) is 102 Å². The lowest BCUT2D eigenvalue weighted by Crippen LogP contribution is -2.59. The van der Waals surface area contributed by atoms with Gasteiger partial charge in [0.2, 0.25) is 5.56 Å². The Balaban J connectivity index is 0.941. The summed E-state index contributed by atoms with van der Waals surface area (Å²) in [7, 11) is 1.65. The van der Waals surface area contributed by atoms with E-state index in [0.29, 0.717) is 41.3 Å². The molecule has 4 heterocycles. The first kappa shape index (κ1) is 38.7. The number of carbonyl (C=O) groups is 1. The summed E-state index contributed by atoms with van der Waals surface area (Å²) in [4.78, 5) is 31.6. The Bertz CT molecular complexity index is 2430. The quantitative estimate of drug-likeness (QED) is 0.0760. The average Bonchev–Trinajstić information content (AvgIpc) is 3.26. The third-order valence-corrected chi connectivity index (χ3v) is 11.6. The summed E-state index contributed by atoms with van der Waals surface area (Å²) in [5, 5.41) is 35.8. The highest BCUT2D eigenvalue weighted by Crippen LogP contribution is 2.39. The molecule has 58 heavy (non-hydrogen) atoms. The molecule has 6 aromatic rings. The van der Waals surface area contributed by atoms with Gasteiger partial charge in [-0.15, -0.1) is 0 Å². The number of H-pyrrole nitrogens is 1. The molecule has 0 radical (unpaired) electrons. The number of nitrogens with one attached hydrogen (secondary N) is 2. The summed E-state index contributed by atoms with van der Waals surface area (Å²) >= 11 is 0. The summed E-state index contributed by atoms with van der Waals surface area (Å²) in [5.74, 6) is 1.70. The number of amides is 1. The Kier molecular flexibility index (Phi) is 11.5. The number of hydrogen-bond donors (Lipinski definition) is 5. The molecule has 3 aliphatic rings. The van der Waals surface area contributed by atoms with Crippen LogP contribution in [0.5, 0.6) is 17.2 Å². The van der Waals surface area contributed by atoms with Crippen molar-refractivity contribution in [3.8, 4) is 28.4 Å². The first-order valence-corrected chi connectivity index (χ1v) is 19.8. The highest BCUT2D eigenvalue weighted by atomic mass is 16.5. The molecular formula is C47H48N4O7. The number of rotatable bonds is 14. The van der Waals surface area contributed by atoms with Crippen molar-refractivity contribution in [2.75, 3.05) is 33.3 Å². The monoisotopic (exact) mass is 780 g/mol. The van der Waals surface area contributed by atoms with Gasteiger partial charge in [0.25, 0.3) is 0 Å². The second-order valence-corrected chi connectivity index (χ2v) is 15.2. The first-order chi connectivity index (χ1) is 28.2. The van der Waals surface area contributed by atoms with Crippen LogP contribution in [0.4, 0.5) is 4.79 Å². The van der Waals surface area contributed by atoms with Gasteiger partial charge in [-0.1, -0.05) is 78.9 Å². The number of ether oxygens (including phenoxy) is 2. The SMILES string of the molecule is COc1ccc(CNCC(O)c2ccc(O)c3[nH]c(=O)ccc23)cc1-c1ccc(COc2cccc([C@H](c3ccccc3)N(C(=O)O)C3CN4CCC3CC4)c2)cc1. The van der Waals surface area contributed by atoms with Crippen molar-refractivity contribution in [1.29, 1.82) is 0 Å². The molecule has 9 rings (SSSR count). The molecule has 0 saturated carbocycles. The molecule has 3 atom stereocenters. The molecule has 0 aliphatic carbocycles. The summed E-state index contributed by atoms with van der Waals surface area (Å²) < 4.78 is 12.1. The normalized spacial score (nSPS) is 18.4. The number of pyridine rings is 1. The standard InChI is InChI=1S/C47H48N4O7/c1-57-43-18-12-31(26-48-27-42(53)37-15-17-41(52)45-38(37)16-19-44(54)49-45)24-39(43)32-13-10-30(11-14-32)29-58-36-9-5-8-35(25-36)46(34-6-3-2-4-7-34)51(47(55)56)40-28-50-22-20-33(40)21-23-50/h2-19,24-25,33,40,42,46,48,52-53H,20-23,26-29H2,1H3,(H,49,54)(H,55,56)/t40?,42?,46-/m0/s1. The van der Waals surface area contributed by atoms with Crippen molar-refractivity contribution in [3.05, 3.63) is 159 Å². The maximum atomic E-state index is 13.1. The van der Waals surface area contributed by atoms with Crippen LogP contribution in [0.15, 0.2) is 126 Å². The molecule has 3 saturated heterocycles. The number of aromatic nitrogens is 1. The predicted molar refractivity (Wildman–Crippen MR) is 223 cm³/mol. The minimum Gasteiger partial charge on any atom is -0.506 e. The summed E-state index contributed by atoms with van der Waals surface area (Å²) in [6.07, 6.45) is 0.261. The zero-order chi connectivity index (χ0) is 40.2. The number of phenolic OH excluding ortho intramolecular Hbond substituents is 1. The van der Waals surface area contributed by atoms with E-state index in [1.54, 1.807) is 24.1 Å². The van der Waals surface area contributed by atoms with Gasteiger partial charge in [0, 0.05) is 36.7 Å². The molecular weight excluding hydrogens is 733 g/mol. The van der Waals surface area contributed by atoms with Crippen LogP contribution < -0.4 is 20.3 Å². The molecule has 11 heteroatoms. The van der Waals surface area contributed by atoms with E-state index in [-0.39, 0.29) is 23.9 Å². The fourth-order valence-corrected chi connectivity index (χ4v) is 8.67. The number of hydrogen-bond acceptors (Lipinski definition) is 8. The van der Waals surface area contributed by atoms with Crippen LogP contribution in [0, 0.1) is 5.92 Å². The van der Waals surface area contributed by atoms with Crippen LogP contribution in [0.25, 0.3) is 22.0 Å². The van der Waals surface area contributed by atoms with Gasteiger partial charge in [-0.3, -0.25) is 9.69 Å². The lowest BCUT2D eigenvalue weighted by atomic mass is 9.81. The summed E-state index contributed by atoms with van der Waals surface area (Å²) in [5.41, 5.74) is 6.26. The van der Waals surface area contributed by atoms with Crippen LogP contribution in [-0.2, 0) is 13.2 Å². The van der Waals surface area contributed by atoms with Crippen molar-refractivity contribution in [2.24, 2.45) is 5.92 Å². The van der Waals surface area contributed by atoms with Crippen molar-refractivity contribution >= 4 is 17.0 Å². The van der Waals surface area contributed by atoms with Crippen molar-refractivity contribution < 1.29 is 29.6 Å². The van der Waals surface area contributed by atoms with Crippen LogP contribution in [0.3, 0.4) is 0 Å². The Hall–Kier alpha value is -6.14. The van der Waals surface area contributed by atoms with Gasteiger partial charge in [0.05, 0.1) is 30.8 Å². The van der Waals surface area contributed by atoms with E-state index in [9.17, 15) is 24.9 Å². The number of benzene rings is 5. The average molecular weight is 781 g/mol. The van der Waals surface area contributed by atoms with Gasteiger partial charge < -0.3 is 40.0 Å². The molecule has 11 nitrogen and oxygen atoms in total. The summed E-state index contributed by atoms with van der Waals surface area (Å²) in [6, 6.07) is 37.4. The zero-order valence-corrected chi connectivity index (χ0v) is 32.4. The molecule has 3 aliphatic heterocycles. The van der Waals surface area contributed by atoms with Crippen LogP contribution in [-0.4, -0.2) is 75.5 Å². The number of phenols is 1. The van der Waals surface area contributed by atoms with Gasteiger partial charge in [-0.2, -0.15) is 0 Å². The molecule has 5 aromatic carbocycles. The number of aromatic hydroxyl groups is 1. The van der Waals surface area contributed by atoms with Gasteiger partial charge >= 0.3 is 6.09 Å². The lowest BCUT2D eigenvalue weighted by Gasteiger charge is -2.50. The van der Waals surface area contributed by atoms with Gasteiger partial charge in [0.15, 0.2) is 0 Å². The molecule has 3 fully saturated rings. The van der Waals surface area contributed by atoms with Crippen molar-refractivity contribution in [1.82, 2.24) is 20.1 Å².